The van der Waals surface area contributed by atoms with E-state index in [2.05, 4.69) is 20.8 Å². The molecule has 2 atom stereocenters. The minimum Gasteiger partial charge on any atom is -0.434 e. The molecule has 2 aromatic carbocycles. The van der Waals surface area contributed by atoms with Crippen LogP contribution in [0.3, 0.4) is 0 Å². The van der Waals surface area contributed by atoms with Gasteiger partial charge in [0.25, 0.3) is 5.91 Å². The molecule has 0 aliphatic carbocycles. The molecule has 1 unspecified atom stereocenters. The number of aromatic amines is 1. The first-order valence-corrected chi connectivity index (χ1v) is 8.43. The zero-order valence-electron chi connectivity index (χ0n) is 13.5. The quantitative estimate of drug-likeness (QED) is 0.657. The van der Waals surface area contributed by atoms with Crippen LogP contribution in [0.15, 0.2) is 48.5 Å². The number of para-hydroxylation sites is 1. The summed E-state index contributed by atoms with van der Waals surface area (Å²) in [5, 5.41) is 14.3. The molecule has 8 heteroatoms. The van der Waals surface area contributed by atoms with Crippen molar-refractivity contribution < 1.29 is 14.3 Å². The summed E-state index contributed by atoms with van der Waals surface area (Å²) in [6, 6.07) is 14.3. The standard InChI is InChI=1S/C18H15ClN4O3/c19-11-7-5-10(6-8-11)15(21-17(24)14-9-20-18(25)26-14)16-12-3-1-2-4-13(12)22-23-16/h1-8,14-15H,9H2,(H,20,25)(H,21,24)(H,22,23)/t14?,15-/m1/s1. The van der Waals surface area contributed by atoms with Crippen LogP contribution in [0.2, 0.25) is 5.02 Å². The summed E-state index contributed by atoms with van der Waals surface area (Å²) in [5.74, 6) is -0.393. The van der Waals surface area contributed by atoms with Gasteiger partial charge < -0.3 is 15.4 Å². The number of rotatable bonds is 4. The number of amides is 2. The van der Waals surface area contributed by atoms with Crippen LogP contribution >= 0.6 is 11.6 Å². The van der Waals surface area contributed by atoms with Gasteiger partial charge in [0.05, 0.1) is 23.8 Å². The van der Waals surface area contributed by atoms with Gasteiger partial charge in [0.1, 0.15) is 0 Å². The molecular weight excluding hydrogens is 356 g/mol. The maximum absolute atomic E-state index is 12.6. The predicted molar refractivity (Wildman–Crippen MR) is 95.8 cm³/mol. The van der Waals surface area contributed by atoms with E-state index in [9.17, 15) is 9.59 Å². The molecule has 0 radical (unpaired) electrons. The minimum absolute atomic E-state index is 0.138. The highest BCUT2D eigenvalue weighted by Crippen LogP contribution is 2.28. The Labute approximate surface area is 153 Å². The Hall–Kier alpha value is -3.06. The van der Waals surface area contributed by atoms with E-state index in [1.807, 2.05) is 36.4 Å². The molecule has 26 heavy (non-hydrogen) atoms. The number of ether oxygens (including phenoxy) is 1. The normalized spacial score (nSPS) is 17.6. The van der Waals surface area contributed by atoms with Gasteiger partial charge in [-0.3, -0.25) is 9.89 Å². The second kappa shape index (κ2) is 6.68. The van der Waals surface area contributed by atoms with Gasteiger partial charge in [-0.2, -0.15) is 5.10 Å². The molecule has 3 aromatic rings. The number of nitrogens with zero attached hydrogens (tertiary/aromatic N) is 1. The maximum Gasteiger partial charge on any atom is 0.408 e. The van der Waals surface area contributed by atoms with E-state index in [4.69, 9.17) is 16.3 Å². The summed E-state index contributed by atoms with van der Waals surface area (Å²) in [4.78, 5) is 23.8. The topological polar surface area (TPSA) is 96.1 Å². The third-order valence-corrected chi connectivity index (χ3v) is 4.49. The number of fused-ring (bicyclic) bond motifs is 1. The number of H-pyrrole nitrogens is 1. The van der Waals surface area contributed by atoms with Gasteiger partial charge in [-0.1, -0.05) is 41.9 Å². The third kappa shape index (κ3) is 3.09. The monoisotopic (exact) mass is 370 g/mol. The van der Waals surface area contributed by atoms with E-state index in [0.29, 0.717) is 10.7 Å². The molecule has 0 bridgehead atoms. The molecule has 132 valence electrons. The van der Waals surface area contributed by atoms with Gasteiger partial charge in [0, 0.05) is 10.4 Å². The molecule has 2 amide bonds. The lowest BCUT2D eigenvalue weighted by atomic mass is 10.0. The van der Waals surface area contributed by atoms with E-state index >= 15 is 0 Å². The molecule has 1 aromatic heterocycles. The lowest BCUT2D eigenvalue weighted by molar-refractivity contribution is -0.128. The third-order valence-electron chi connectivity index (χ3n) is 4.24. The van der Waals surface area contributed by atoms with Crippen molar-refractivity contribution >= 4 is 34.5 Å². The number of aromatic nitrogens is 2. The first kappa shape index (κ1) is 16.4. The average molecular weight is 371 g/mol. The molecule has 0 spiro atoms. The molecule has 2 heterocycles. The molecule has 1 saturated heterocycles. The smallest absolute Gasteiger partial charge is 0.408 e. The van der Waals surface area contributed by atoms with Crippen LogP contribution in [-0.2, 0) is 9.53 Å². The van der Waals surface area contributed by atoms with Crippen LogP contribution in [-0.4, -0.2) is 34.8 Å². The van der Waals surface area contributed by atoms with E-state index in [1.165, 1.54) is 0 Å². The Bertz CT molecular complexity index is 970. The highest BCUT2D eigenvalue weighted by molar-refractivity contribution is 6.30. The fraction of sp³-hybridized carbons (Fsp3) is 0.167. The zero-order chi connectivity index (χ0) is 18.1. The van der Waals surface area contributed by atoms with Crippen LogP contribution in [0.25, 0.3) is 10.9 Å². The van der Waals surface area contributed by atoms with Crippen molar-refractivity contribution in [2.45, 2.75) is 12.1 Å². The molecule has 3 N–H and O–H groups in total. The Morgan fingerprint density at radius 2 is 2.00 bits per heavy atom. The molecule has 1 aliphatic rings. The van der Waals surface area contributed by atoms with Crippen molar-refractivity contribution in [3.8, 4) is 0 Å². The number of alkyl carbamates (subject to hydrolysis) is 1. The van der Waals surface area contributed by atoms with Crippen molar-refractivity contribution in [3.63, 3.8) is 0 Å². The predicted octanol–water partition coefficient (Wildman–Crippen LogP) is 2.53. The molecule has 7 nitrogen and oxygen atoms in total. The number of hydrogen-bond donors (Lipinski definition) is 3. The van der Waals surface area contributed by atoms with Crippen LogP contribution in [0.4, 0.5) is 4.79 Å². The van der Waals surface area contributed by atoms with Crippen LogP contribution in [0.1, 0.15) is 17.3 Å². The number of cyclic esters (lactones) is 1. The van der Waals surface area contributed by atoms with Crippen molar-refractivity contribution in [1.29, 1.82) is 0 Å². The van der Waals surface area contributed by atoms with Gasteiger partial charge in [-0.25, -0.2) is 4.79 Å². The van der Waals surface area contributed by atoms with Crippen LogP contribution in [0.5, 0.6) is 0 Å². The van der Waals surface area contributed by atoms with Crippen molar-refractivity contribution in [2.75, 3.05) is 6.54 Å². The summed E-state index contributed by atoms with van der Waals surface area (Å²) < 4.78 is 4.97. The van der Waals surface area contributed by atoms with E-state index in [-0.39, 0.29) is 6.54 Å². The summed E-state index contributed by atoms with van der Waals surface area (Å²) in [5.41, 5.74) is 2.36. The Kier molecular flexibility index (Phi) is 4.22. The lowest BCUT2D eigenvalue weighted by Gasteiger charge is -2.19. The Balaban J connectivity index is 1.71. The van der Waals surface area contributed by atoms with E-state index in [1.54, 1.807) is 12.1 Å². The number of carbonyl (C=O) groups excluding carboxylic acids is 2. The summed E-state index contributed by atoms with van der Waals surface area (Å²) in [6.45, 7) is 0.138. The second-order valence-corrected chi connectivity index (χ2v) is 6.36. The number of nitrogens with one attached hydrogen (secondary N) is 3. The molecule has 0 saturated carbocycles. The number of hydrogen-bond acceptors (Lipinski definition) is 4. The summed E-state index contributed by atoms with van der Waals surface area (Å²) in [6.07, 6.45) is -1.47. The number of carbonyl (C=O) groups is 2. The highest BCUT2D eigenvalue weighted by Gasteiger charge is 2.32. The summed E-state index contributed by atoms with van der Waals surface area (Å²) in [7, 11) is 0. The van der Waals surface area contributed by atoms with E-state index < -0.39 is 24.1 Å². The van der Waals surface area contributed by atoms with Gasteiger partial charge in [-0.15, -0.1) is 0 Å². The molecule has 1 aliphatic heterocycles. The van der Waals surface area contributed by atoms with Gasteiger partial charge in [0.15, 0.2) is 6.10 Å². The van der Waals surface area contributed by atoms with Gasteiger partial charge in [0.2, 0.25) is 0 Å². The molecule has 1 fully saturated rings. The van der Waals surface area contributed by atoms with Crippen molar-refractivity contribution in [2.24, 2.45) is 0 Å². The highest BCUT2D eigenvalue weighted by atomic mass is 35.5. The van der Waals surface area contributed by atoms with Crippen LogP contribution < -0.4 is 10.6 Å². The number of halogens is 1. The first-order chi connectivity index (χ1) is 12.6. The Morgan fingerprint density at radius 1 is 1.23 bits per heavy atom. The molecular formula is C18H15ClN4O3. The van der Waals surface area contributed by atoms with E-state index in [0.717, 1.165) is 16.5 Å². The fourth-order valence-electron chi connectivity index (χ4n) is 2.94. The first-order valence-electron chi connectivity index (χ1n) is 8.05. The second-order valence-electron chi connectivity index (χ2n) is 5.92. The molecule has 4 rings (SSSR count). The lowest BCUT2D eigenvalue weighted by Crippen LogP contribution is -2.39. The number of benzene rings is 2. The zero-order valence-corrected chi connectivity index (χ0v) is 14.3. The summed E-state index contributed by atoms with van der Waals surface area (Å²) >= 11 is 5.99. The largest absolute Gasteiger partial charge is 0.434 e. The average Bonchev–Trinajstić information content (AvgIpc) is 3.27. The van der Waals surface area contributed by atoms with Gasteiger partial charge >= 0.3 is 6.09 Å². The van der Waals surface area contributed by atoms with Crippen molar-refractivity contribution in [3.05, 3.63) is 64.8 Å². The SMILES string of the molecule is O=C1NCC(C(=O)N[C@H](c2ccc(Cl)cc2)c2n[nH]c3ccccc23)O1. The van der Waals surface area contributed by atoms with Crippen LogP contribution in [0, 0.1) is 0 Å². The van der Waals surface area contributed by atoms with Gasteiger partial charge in [-0.05, 0) is 23.8 Å². The minimum atomic E-state index is -0.873. The van der Waals surface area contributed by atoms with Crippen molar-refractivity contribution in [1.82, 2.24) is 20.8 Å². The Morgan fingerprint density at radius 3 is 2.73 bits per heavy atom. The maximum atomic E-state index is 12.6. The fourth-order valence-corrected chi connectivity index (χ4v) is 3.07.